The molecule has 8 heteroatoms. The van der Waals surface area contributed by atoms with E-state index in [0.717, 1.165) is 15.6 Å². The van der Waals surface area contributed by atoms with E-state index < -0.39 is 17.7 Å². The van der Waals surface area contributed by atoms with Crippen LogP contribution in [0.15, 0.2) is 76.9 Å². The maximum absolute atomic E-state index is 13.2. The van der Waals surface area contributed by atoms with Gasteiger partial charge in [0.2, 0.25) is 5.95 Å². The third kappa shape index (κ3) is 3.20. The predicted octanol–water partition coefficient (Wildman–Crippen LogP) is 4.66. The van der Waals surface area contributed by atoms with Crippen LogP contribution >= 0.6 is 15.9 Å². The first kappa shape index (κ1) is 20.1. The largest absolute Gasteiger partial charge is 0.507 e. The topological polar surface area (TPSA) is 99.2 Å². The van der Waals surface area contributed by atoms with E-state index in [1.165, 1.54) is 4.90 Å². The number of benzene rings is 2. The molecule has 1 amide bonds. The van der Waals surface area contributed by atoms with Gasteiger partial charge in [0.25, 0.3) is 5.78 Å². The summed E-state index contributed by atoms with van der Waals surface area (Å²) in [7, 11) is 0. The van der Waals surface area contributed by atoms with Crippen LogP contribution < -0.4 is 4.90 Å². The second-order valence-corrected chi connectivity index (χ2v) is 8.32. The molecule has 158 valence electrons. The first-order valence-corrected chi connectivity index (χ1v) is 10.7. The van der Waals surface area contributed by atoms with Crippen molar-refractivity contribution >= 4 is 50.4 Å². The fourth-order valence-electron chi connectivity index (χ4n) is 3.87. The second-order valence-electron chi connectivity index (χ2n) is 7.47. The zero-order valence-corrected chi connectivity index (χ0v) is 18.5. The molecule has 0 spiro atoms. The lowest BCUT2D eigenvalue weighted by atomic mass is 9.98. The minimum atomic E-state index is -0.930. The molecule has 1 saturated heterocycles. The molecular weight excluding hydrogens is 472 g/mol. The molecule has 7 nitrogen and oxygen atoms in total. The van der Waals surface area contributed by atoms with Gasteiger partial charge in [0.15, 0.2) is 0 Å². The Kier molecular flexibility index (Phi) is 4.86. The fraction of sp³-hybridized carbons (Fsp3) is 0.0833. The number of aromatic nitrogens is 3. The average molecular weight is 489 g/mol. The summed E-state index contributed by atoms with van der Waals surface area (Å²) in [4.78, 5) is 39.6. The highest BCUT2D eigenvalue weighted by molar-refractivity contribution is 9.10. The molecule has 0 radical (unpaired) electrons. The Labute approximate surface area is 191 Å². The summed E-state index contributed by atoms with van der Waals surface area (Å²) >= 11 is 3.44. The number of carbonyl (C=O) groups is 2. The first-order valence-electron chi connectivity index (χ1n) is 9.89. The molecule has 1 atom stereocenters. The standard InChI is InChI=1S/C24H17BrN4O3/c1-13-12-14(9-10-15(13)25)21(30)19-20(18-8-4-5-11-26-18)29(23(32)22(19)31)24-27-16-6-2-3-7-17(16)28-24/h2-12,20,30H,1H3,(H,27,28)/b21-19+. The van der Waals surface area contributed by atoms with Gasteiger partial charge in [-0.25, -0.2) is 4.98 Å². The van der Waals surface area contributed by atoms with E-state index in [0.29, 0.717) is 16.8 Å². The molecule has 1 aliphatic heterocycles. The Morgan fingerprint density at radius 1 is 1.09 bits per heavy atom. The number of carbonyl (C=O) groups excluding carboxylic acids is 2. The van der Waals surface area contributed by atoms with Gasteiger partial charge in [-0.2, -0.15) is 0 Å². The number of hydrogen-bond donors (Lipinski definition) is 2. The molecule has 3 heterocycles. The molecule has 2 aromatic carbocycles. The minimum absolute atomic E-state index is 0.0316. The van der Waals surface area contributed by atoms with Crippen molar-refractivity contribution < 1.29 is 14.7 Å². The Morgan fingerprint density at radius 2 is 1.88 bits per heavy atom. The van der Waals surface area contributed by atoms with Crippen molar-refractivity contribution in [1.82, 2.24) is 15.0 Å². The molecule has 0 saturated carbocycles. The molecule has 5 rings (SSSR count). The Bertz CT molecular complexity index is 1380. The lowest BCUT2D eigenvalue weighted by molar-refractivity contribution is -0.132. The number of nitrogens with zero attached hydrogens (tertiary/aromatic N) is 3. The summed E-state index contributed by atoms with van der Waals surface area (Å²) < 4.78 is 0.873. The molecule has 1 fully saturated rings. The van der Waals surface area contributed by atoms with Crippen LogP contribution in [0.5, 0.6) is 0 Å². The van der Waals surface area contributed by atoms with Crippen LogP contribution in [0, 0.1) is 6.92 Å². The highest BCUT2D eigenvalue weighted by Crippen LogP contribution is 2.41. The lowest BCUT2D eigenvalue weighted by Crippen LogP contribution is -2.30. The number of hydrogen-bond acceptors (Lipinski definition) is 5. The van der Waals surface area contributed by atoms with Gasteiger partial charge in [0.1, 0.15) is 11.8 Å². The van der Waals surface area contributed by atoms with Crippen molar-refractivity contribution in [2.75, 3.05) is 4.90 Å². The number of Topliss-reactive ketones (excluding diaryl/α,β-unsaturated/α-hetero) is 1. The summed E-state index contributed by atoms with van der Waals surface area (Å²) in [6.45, 7) is 1.88. The third-order valence-electron chi connectivity index (χ3n) is 5.45. The van der Waals surface area contributed by atoms with Crippen LogP contribution in [-0.4, -0.2) is 31.7 Å². The lowest BCUT2D eigenvalue weighted by Gasteiger charge is -2.22. The van der Waals surface area contributed by atoms with Crippen molar-refractivity contribution in [2.24, 2.45) is 0 Å². The van der Waals surface area contributed by atoms with Crippen molar-refractivity contribution in [1.29, 1.82) is 0 Å². The maximum Gasteiger partial charge on any atom is 0.302 e. The average Bonchev–Trinajstić information content (AvgIpc) is 3.34. The van der Waals surface area contributed by atoms with Gasteiger partial charge < -0.3 is 10.1 Å². The number of amides is 1. The van der Waals surface area contributed by atoms with Crippen LogP contribution in [0.4, 0.5) is 5.95 Å². The number of aryl methyl sites for hydroxylation is 1. The van der Waals surface area contributed by atoms with Crippen LogP contribution in [0.1, 0.15) is 22.9 Å². The van der Waals surface area contributed by atoms with Gasteiger partial charge in [0.05, 0.1) is 22.3 Å². The SMILES string of the molecule is Cc1cc(/C(O)=C2\C(=O)C(=O)N(c3nc4ccccc4[nH]3)C2c2ccccn2)ccc1Br. The van der Waals surface area contributed by atoms with E-state index >= 15 is 0 Å². The van der Waals surface area contributed by atoms with Gasteiger partial charge in [0, 0.05) is 16.2 Å². The summed E-state index contributed by atoms with van der Waals surface area (Å²) in [5.41, 5.74) is 3.13. The maximum atomic E-state index is 13.2. The number of ketones is 1. The number of halogens is 1. The van der Waals surface area contributed by atoms with E-state index in [1.54, 1.807) is 42.6 Å². The summed E-state index contributed by atoms with van der Waals surface area (Å²) in [6.07, 6.45) is 1.58. The quantitative estimate of drug-likeness (QED) is 0.248. The Hall–Kier alpha value is -3.78. The van der Waals surface area contributed by atoms with E-state index in [2.05, 4.69) is 30.9 Å². The molecule has 2 N–H and O–H groups in total. The van der Waals surface area contributed by atoms with Crippen molar-refractivity contribution in [3.05, 3.63) is 93.7 Å². The molecule has 2 aromatic heterocycles. The molecule has 0 aliphatic carbocycles. The monoisotopic (exact) mass is 488 g/mol. The number of nitrogens with one attached hydrogen (secondary N) is 1. The zero-order chi connectivity index (χ0) is 22.4. The smallest absolute Gasteiger partial charge is 0.302 e. The molecule has 0 bridgehead atoms. The molecule has 32 heavy (non-hydrogen) atoms. The molecular formula is C24H17BrN4O3. The van der Waals surface area contributed by atoms with Crippen molar-refractivity contribution in [2.45, 2.75) is 13.0 Å². The van der Waals surface area contributed by atoms with Crippen molar-refractivity contribution in [3.63, 3.8) is 0 Å². The predicted molar refractivity (Wildman–Crippen MR) is 124 cm³/mol. The first-order chi connectivity index (χ1) is 15.5. The third-order valence-corrected chi connectivity index (χ3v) is 6.34. The number of aliphatic hydroxyl groups excluding tert-OH is 1. The summed E-state index contributed by atoms with van der Waals surface area (Å²) in [5, 5.41) is 11.2. The highest BCUT2D eigenvalue weighted by atomic mass is 79.9. The molecule has 4 aromatic rings. The Morgan fingerprint density at radius 3 is 2.59 bits per heavy atom. The normalized spacial score (nSPS) is 17.9. The number of anilines is 1. The van der Waals surface area contributed by atoms with Crippen LogP contribution in [-0.2, 0) is 9.59 Å². The van der Waals surface area contributed by atoms with E-state index in [-0.39, 0.29) is 17.3 Å². The number of imidazole rings is 1. The fourth-order valence-corrected chi connectivity index (χ4v) is 4.12. The van der Waals surface area contributed by atoms with E-state index in [4.69, 9.17) is 0 Å². The van der Waals surface area contributed by atoms with Crippen LogP contribution in [0.3, 0.4) is 0 Å². The number of pyridine rings is 1. The van der Waals surface area contributed by atoms with Gasteiger partial charge in [-0.1, -0.05) is 40.2 Å². The van der Waals surface area contributed by atoms with Gasteiger partial charge >= 0.3 is 5.91 Å². The van der Waals surface area contributed by atoms with E-state index in [1.807, 2.05) is 31.2 Å². The number of H-pyrrole nitrogens is 1. The van der Waals surface area contributed by atoms with E-state index in [9.17, 15) is 14.7 Å². The number of para-hydroxylation sites is 2. The minimum Gasteiger partial charge on any atom is -0.507 e. The Balaban J connectivity index is 1.73. The second kappa shape index (κ2) is 7.72. The van der Waals surface area contributed by atoms with Gasteiger partial charge in [-0.05, 0) is 48.9 Å². The zero-order valence-electron chi connectivity index (χ0n) is 16.9. The van der Waals surface area contributed by atoms with Crippen LogP contribution in [0.2, 0.25) is 0 Å². The number of aromatic amines is 1. The summed E-state index contributed by atoms with van der Waals surface area (Å²) in [6, 6.07) is 16.9. The van der Waals surface area contributed by atoms with Gasteiger partial charge in [-0.3, -0.25) is 19.5 Å². The summed E-state index contributed by atoms with van der Waals surface area (Å²) in [5.74, 6) is -1.61. The number of fused-ring (bicyclic) bond motifs is 1. The molecule has 1 unspecified atom stereocenters. The van der Waals surface area contributed by atoms with Crippen LogP contribution in [0.25, 0.3) is 16.8 Å². The number of rotatable bonds is 3. The van der Waals surface area contributed by atoms with Crippen molar-refractivity contribution in [3.8, 4) is 0 Å². The highest BCUT2D eigenvalue weighted by Gasteiger charge is 2.48. The van der Waals surface area contributed by atoms with Gasteiger partial charge in [-0.15, -0.1) is 0 Å². The number of aliphatic hydroxyl groups is 1. The molecule has 1 aliphatic rings.